The third-order valence-corrected chi connectivity index (χ3v) is 22.9. The van der Waals surface area contributed by atoms with E-state index in [-0.39, 0.29) is 21.9 Å². The zero-order valence-corrected chi connectivity index (χ0v) is 49.6. The monoisotopic (exact) mass is 1100 g/mol. The molecule has 2 fully saturated rings. The number of anilines is 4. The van der Waals surface area contributed by atoms with Crippen molar-refractivity contribution < 1.29 is 0 Å². The van der Waals surface area contributed by atoms with E-state index in [1.54, 1.807) is 0 Å². The van der Waals surface area contributed by atoms with Gasteiger partial charge in [0.2, 0.25) is 0 Å². The summed E-state index contributed by atoms with van der Waals surface area (Å²) in [7, 11) is 0. The van der Waals surface area contributed by atoms with Gasteiger partial charge in [-0.15, -0.1) is 0 Å². The first-order valence-corrected chi connectivity index (χ1v) is 31.7. The highest BCUT2D eigenvalue weighted by molar-refractivity contribution is 6.33. The Morgan fingerprint density at radius 3 is 1.01 bits per heavy atom. The van der Waals surface area contributed by atoms with E-state index >= 15 is 0 Å². The molecule has 4 atom stereocenters. The molecule has 2 aliphatic heterocycles. The lowest BCUT2D eigenvalue weighted by Gasteiger charge is -2.50. The molecule has 0 N–H and O–H groups in total. The highest BCUT2D eigenvalue weighted by atomic mass is 15.3. The van der Waals surface area contributed by atoms with Crippen molar-refractivity contribution in [2.45, 2.75) is 101 Å². The Balaban J connectivity index is 0.926. The molecule has 4 unspecified atom stereocenters. The predicted octanol–water partition coefficient (Wildman–Crippen LogP) is 23.3. The molecule has 2 heterocycles. The molecule has 0 radical (unpaired) electrons. The van der Waals surface area contributed by atoms with Crippen LogP contribution in [0.3, 0.4) is 0 Å². The molecule has 0 bridgehead atoms. The Kier molecular flexibility index (Phi) is 10.6. The number of hydrogen-bond donors (Lipinski definition) is 0. The van der Waals surface area contributed by atoms with Crippen LogP contribution in [0.15, 0.2) is 243 Å². The van der Waals surface area contributed by atoms with Gasteiger partial charge in [-0.1, -0.05) is 234 Å². The Morgan fingerprint density at radius 1 is 0.256 bits per heavy atom. The van der Waals surface area contributed by atoms with E-state index in [9.17, 15) is 0 Å². The molecule has 0 aromatic heterocycles. The van der Waals surface area contributed by atoms with Gasteiger partial charge < -0.3 is 9.80 Å². The molecule has 86 heavy (non-hydrogen) atoms. The van der Waals surface area contributed by atoms with E-state index in [0.717, 1.165) is 25.7 Å². The molecule has 0 spiro atoms. The summed E-state index contributed by atoms with van der Waals surface area (Å²) in [6.45, 7) is 10.3. The molecule has 0 amide bonds. The van der Waals surface area contributed by atoms with Crippen LogP contribution in [0.5, 0.6) is 0 Å². The van der Waals surface area contributed by atoms with E-state index in [1.807, 2.05) is 0 Å². The summed E-state index contributed by atoms with van der Waals surface area (Å²) in [5.74, 6) is 0. The molecule has 414 valence electrons. The molecule has 0 saturated heterocycles. The summed E-state index contributed by atoms with van der Waals surface area (Å²) in [5.41, 5.74) is 18.2. The van der Waals surface area contributed by atoms with Gasteiger partial charge in [-0.3, -0.25) is 0 Å². The number of hydrogen-bond acceptors (Lipinski definition) is 2. The molecule has 2 nitrogen and oxygen atoms in total. The molecule has 14 aromatic carbocycles. The highest BCUT2D eigenvalue weighted by Gasteiger charge is 2.59. The molecular weight excluding hydrogens is 1040 g/mol. The van der Waals surface area contributed by atoms with Crippen molar-refractivity contribution >= 4 is 98.2 Å². The van der Waals surface area contributed by atoms with Gasteiger partial charge in [0.15, 0.2) is 0 Å². The molecular formula is C84H68N2. The summed E-state index contributed by atoms with van der Waals surface area (Å²) < 4.78 is 0. The van der Waals surface area contributed by atoms with Crippen LogP contribution in [-0.4, -0.2) is 11.1 Å². The fourth-order valence-electron chi connectivity index (χ4n) is 18.2. The van der Waals surface area contributed by atoms with Crippen LogP contribution in [0.25, 0.3) is 120 Å². The quantitative estimate of drug-likeness (QED) is 0.153. The van der Waals surface area contributed by atoms with Crippen LogP contribution in [0.1, 0.15) is 90.2 Å². The zero-order valence-electron chi connectivity index (χ0n) is 49.6. The minimum atomic E-state index is -0.0969. The topological polar surface area (TPSA) is 6.48 Å². The second-order valence-corrected chi connectivity index (χ2v) is 26.8. The second kappa shape index (κ2) is 18.1. The van der Waals surface area contributed by atoms with Crippen molar-refractivity contribution in [3.05, 3.63) is 254 Å². The first kappa shape index (κ1) is 50.1. The highest BCUT2D eigenvalue weighted by Crippen LogP contribution is 2.64. The van der Waals surface area contributed by atoms with Crippen molar-refractivity contribution in [2.24, 2.45) is 0 Å². The van der Waals surface area contributed by atoms with Crippen LogP contribution in [0, 0.1) is 0 Å². The smallest absolute Gasteiger partial charge is 0.0518 e. The fraction of sp³-hybridized carbons (Fsp3) is 0.190. The van der Waals surface area contributed by atoms with Crippen LogP contribution >= 0.6 is 0 Å². The molecule has 18 rings (SSSR count). The van der Waals surface area contributed by atoms with Crippen molar-refractivity contribution in [1.29, 1.82) is 0 Å². The summed E-state index contributed by atoms with van der Waals surface area (Å²) >= 11 is 0. The first-order valence-electron chi connectivity index (χ1n) is 31.7. The lowest BCUT2D eigenvalue weighted by molar-refractivity contribution is 0.195. The normalized spacial score (nSPS) is 21.7. The van der Waals surface area contributed by atoms with Crippen LogP contribution in [-0.2, 0) is 10.8 Å². The lowest BCUT2D eigenvalue weighted by Crippen LogP contribution is -2.54. The van der Waals surface area contributed by atoms with Gasteiger partial charge in [-0.2, -0.15) is 0 Å². The van der Waals surface area contributed by atoms with Gasteiger partial charge in [0, 0.05) is 44.4 Å². The summed E-state index contributed by atoms with van der Waals surface area (Å²) in [4.78, 5) is 5.54. The summed E-state index contributed by atoms with van der Waals surface area (Å²) in [5, 5.41) is 18.1. The molecule has 2 aliphatic carbocycles. The summed E-state index contributed by atoms with van der Waals surface area (Å²) in [6, 6.07) is 93.9. The third kappa shape index (κ3) is 6.68. The average Bonchev–Trinajstić information content (AvgIpc) is 1.43. The number of nitrogens with zero attached hydrogens (tertiary/aromatic N) is 2. The second-order valence-electron chi connectivity index (χ2n) is 26.8. The predicted molar refractivity (Wildman–Crippen MR) is 368 cm³/mol. The van der Waals surface area contributed by atoms with Crippen molar-refractivity contribution in [3.63, 3.8) is 0 Å². The number of rotatable bonds is 6. The van der Waals surface area contributed by atoms with Gasteiger partial charge in [-0.25, -0.2) is 0 Å². The molecule has 4 aliphatic rings. The average molecular weight is 1110 g/mol. The SMILES string of the molecule is CC12CCCCC1(C)N(c1cccc3ccccc13)c1ccc(-c3cc(-c4cccc5ccccc45)c4ccc5c(-c6ccc7c(c6)C6(C)CCCCC6(C)N7c6cccc7ccccc67)cc(-c6cccc7ccccc67)c6ccc3c4c56)cc12. The van der Waals surface area contributed by atoms with Crippen LogP contribution < -0.4 is 9.80 Å². The Morgan fingerprint density at radius 2 is 0.593 bits per heavy atom. The van der Waals surface area contributed by atoms with Gasteiger partial charge >= 0.3 is 0 Å². The minimum absolute atomic E-state index is 0.0635. The Labute approximate surface area is 504 Å². The standard InChI is InChI=1S/C84H68N2/c1-81-45-13-15-47-83(81,3)85(75-35-19-27-55-23-7-11-31-61(55)75)77-43-37-57(49-73(77)81)69-51-71(63-33-17-25-53-21-5-9-29-59(53)63)67-42-40-66-70(52-72(68-41-39-65(69)79(67)80(66)68)64-34-18-26-54-22-6-10-30-60(54)64)58-38-44-78-74(50-58)82(2)46-14-16-48-84(82,4)86(78)76-36-20-28-56-24-8-12-32-62(56)76/h5-12,17-44,49-52H,13-16,45-48H2,1-4H3. The molecule has 2 saturated carbocycles. The lowest BCUT2D eigenvalue weighted by atomic mass is 9.61. The van der Waals surface area contributed by atoms with Crippen molar-refractivity contribution in [2.75, 3.05) is 9.80 Å². The van der Waals surface area contributed by atoms with Crippen molar-refractivity contribution in [1.82, 2.24) is 0 Å². The molecule has 2 heteroatoms. The van der Waals surface area contributed by atoms with Crippen LogP contribution in [0.2, 0.25) is 0 Å². The van der Waals surface area contributed by atoms with Gasteiger partial charge in [0.25, 0.3) is 0 Å². The largest absolute Gasteiger partial charge is 0.334 e. The maximum Gasteiger partial charge on any atom is 0.0518 e. The Hall–Kier alpha value is -9.24. The van der Waals surface area contributed by atoms with E-state index in [2.05, 4.69) is 280 Å². The van der Waals surface area contributed by atoms with E-state index in [0.29, 0.717) is 0 Å². The Bertz CT molecular complexity index is 4840. The van der Waals surface area contributed by atoms with Crippen molar-refractivity contribution in [3.8, 4) is 44.5 Å². The zero-order chi connectivity index (χ0) is 57.3. The first-order chi connectivity index (χ1) is 42.1. The summed E-state index contributed by atoms with van der Waals surface area (Å²) in [6.07, 6.45) is 9.53. The van der Waals surface area contributed by atoms with E-state index in [4.69, 9.17) is 0 Å². The maximum absolute atomic E-state index is 2.77. The number of benzene rings is 14. The van der Waals surface area contributed by atoms with Gasteiger partial charge in [-0.05, 0) is 208 Å². The van der Waals surface area contributed by atoms with E-state index < -0.39 is 0 Å². The third-order valence-electron chi connectivity index (χ3n) is 22.9. The van der Waals surface area contributed by atoms with E-state index in [1.165, 1.54) is 179 Å². The minimum Gasteiger partial charge on any atom is -0.334 e. The van der Waals surface area contributed by atoms with Gasteiger partial charge in [0.1, 0.15) is 0 Å². The number of fused-ring (bicyclic) bond motifs is 10. The molecule has 14 aromatic rings. The fourth-order valence-corrected chi connectivity index (χ4v) is 18.2. The van der Waals surface area contributed by atoms with Crippen LogP contribution in [0.4, 0.5) is 22.7 Å². The van der Waals surface area contributed by atoms with Gasteiger partial charge in [0.05, 0.1) is 11.1 Å². The maximum atomic E-state index is 2.77.